The molecule has 0 aliphatic carbocycles. The van der Waals surface area contributed by atoms with Crippen molar-refractivity contribution in [3.63, 3.8) is 0 Å². The zero-order chi connectivity index (χ0) is 17.6. The van der Waals surface area contributed by atoms with Crippen LogP contribution in [0.3, 0.4) is 0 Å². The van der Waals surface area contributed by atoms with Crippen LogP contribution in [0.4, 0.5) is 5.69 Å². The lowest BCUT2D eigenvalue weighted by Gasteiger charge is -2.16. The maximum absolute atomic E-state index is 12.8. The smallest absolute Gasteiger partial charge is 0.235 e. The van der Waals surface area contributed by atoms with Crippen molar-refractivity contribution < 1.29 is 4.79 Å². The van der Waals surface area contributed by atoms with E-state index in [0.717, 1.165) is 5.69 Å². The Labute approximate surface area is 167 Å². The molecule has 3 heterocycles. The van der Waals surface area contributed by atoms with Gasteiger partial charge < -0.3 is 10.2 Å². The topological polar surface area (TPSA) is 50.2 Å². The SMILES string of the molecule is CN1C[C@H](c2nn(C)c(Cl)c2Br)[C@@H](C(=O)Nc2ccsc2Cl)C1=S. The molecule has 0 radical (unpaired) electrons. The van der Waals surface area contributed by atoms with Crippen molar-refractivity contribution in [1.82, 2.24) is 14.7 Å². The van der Waals surface area contributed by atoms with Gasteiger partial charge in [-0.3, -0.25) is 9.48 Å². The lowest BCUT2D eigenvalue weighted by atomic mass is 9.92. The highest BCUT2D eigenvalue weighted by Crippen LogP contribution is 2.40. The molecule has 1 aliphatic rings. The van der Waals surface area contributed by atoms with Gasteiger partial charge in [-0.25, -0.2) is 0 Å². The van der Waals surface area contributed by atoms with Crippen LogP contribution in [-0.2, 0) is 11.8 Å². The average Bonchev–Trinajstić information content (AvgIpc) is 3.14. The Morgan fingerprint density at radius 3 is 2.75 bits per heavy atom. The van der Waals surface area contributed by atoms with Crippen LogP contribution in [0.5, 0.6) is 0 Å². The van der Waals surface area contributed by atoms with Gasteiger partial charge in [0.1, 0.15) is 9.49 Å². The van der Waals surface area contributed by atoms with Gasteiger partial charge in [0.2, 0.25) is 5.91 Å². The van der Waals surface area contributed by atoms with Crippen LogP contribution in [0.1, 0.15) is 11.6 Å². The molecule has 0 saturated carbocycles. The number of hydrogen-bond donors (Lipinski definition) is 1. The second-order valence-electron chi connectivity index (χ2n) is 5.51. The quantitative estimate of drug-likeness (QED) is 0.688. The minimum absolute atomic E-state index is 0.187. The summed E-state index contributed by atoms with van der Waals surface area (Å²) in [5, 5.41) is 9.64. The Balaban J connectivity index is 1.93. The number of aromatic nitrogens is 2. The molecule has 2 aromatic heterocycles. The summed E-state index contributed by atoms with van der Waals surface area (Å²) in [6.45, 7) is 0.597. The van der Waals surface area contributed by atoms with E-state index in [-0.39, 0.29) is 11.8 Å². The van der Waals surface area contributed by atoms with Gasteiger partial charge >= 0.3 is 0 Å². The standard InChI is InChI=1S/C14H13BrCl2N4OS2/c1-20-5-6(10-9(15)11(16)21(2)19-10)8(14(20)23)13(22)18-7-3-4-24-12(7)17/h3-4,6,8H,5H2,1-2H3,(H,18,22)/t6-,8-/m0/s1. The van der Waals surface area contributed by atoms with Crippen molar-refractivity contribution in [3.8, 4) is 0 Å². The van der Waals surface area contributed by atoms with Crippen LogP contribution in [0, 0.1) is 5.92 Å². The van der Waals surface area contributed by atoms with Gasteiger partial charge in [0, 0.05) is 26.6 Å². The number of nitrogens with one attached hydrogen (secondary N) is 1. The van der Waals surface area contributed by atoms with Gasteiger partial charge in [-0.15, -0.1) is 11.3 Å². The summed E-state index contributed by atoms with van der Waals surface area (Å²) < 4.78 is 2.81. The van der Waals surface area contributed by atoms with Crippen molar-refractivity contribution in [3.05, 3.63) is 31.1 Å². The first kappa shape index (κ1) is 18.1. The number of thiophene rings is 1. The fourth-order valence-corrected chi connectivity index (χ4v) is 4.71. The fraction of sp³-hybridized carbons (Fsp3) is 0.357. The zero-order valence-electron chi connectivity index (χ0n) is 12.7. The van der Waals surface area contributed by atoms with E-state index in [9.17, 15) is 4.79 Å². The normalized spacial score (nSPS) is 20.7. The maximum Gasteiger partial charge on any atom is 0.235 e. The van der Waals surface area contributed by atoms with Gasteiger partial charge in [0.05, 0.1) is 26.8 Å². The number of carbonyl (C=O) groups excluding carboxylic acids is 1. The van der Waals surface area contributed by atoms with Crippen molar-refractivity contribution in [2.75, 3.05) is 18.9 Å². The minimum Gasteiger partial charge on any atom is -0.368 e. The monoisotopic (exact) mass is 466 g/mol. The average molecular weight is 468 g/mol. The number of nitrogens with zero attached hydrogens (tertiary/aromatic N) is 3. The van der Waals surface area contributed by atoms with Crippen LogP contribution in [0.25, 0.3) is 0 Å². The minimum atomic E-state index is -0.511. The molecule has 1 amide bonds. The molecule has 2 atom stereocenters. The van der Waals surface area contributed by atoms with Gasteiger partial charge in [0.25, 0.3) is 0 Å². The van der Waals surface area contributed by atoms with Crippen molar-refractivity contribution in [2.45, 2.75) is 5.92 Å². The number of hydrogen-bond acceptors (Lipinski definition) is 4. The first-order chi connectivity index (χ1) is 11.3. The third-order valence-corrected chi connectivity index (χ3v) is 7.15. The molecule has 10 heteroatoms. The van der Waals surface area contributed by atoms with E-state index in [1.807, 2.05) is 17.3 Å². The molecular formula is C14H13BrCl2N4OS2. The predicted octanol–water partition coefficient (Wildman–Crippen LogP) is 4.16. The molecule has 24 heavy (non-hydrogen) atoms. The molecular weight excluding hydrogens is 455 g/mol. The van der Waals surface area contributed by atoms with E-state index >= 15 is 0 Å². The van der Waals surface area contributed by atoms with E-state index in [1.165, 1.54) is 11.3 Å². The van der Waals surface area contributed by atoms with Crippen LogP contribution >= 0.6 is 62.7 Å². The van der Waals surface area contributed by atoms with E-state index < -0.39 is 5.92 Å². The number of likely N-dealkylation sites (tertiary alicyclic amines) is 1. The van der Waals surface area contributed by atoms with Crippen LogP contribution < -0.4 is 5.32 Å². The highest BCUT2D eigenvalue weighted by molar-refractivity contribution is 9.10. The second-order valence-corrected chi connectivity index (χ2v) is 8.60. The summed E-state index contributed by atoms with van der Waals surface area (Å²) in [6.07, 6.45) is 0. The van der Waals surface area contributed by atoms with Gasteiger partial charge in [-0.05, 0) is 27.4 Å². The molecule has 0 unspecified atom stereocenters. The largest absolute Gasteiger partial charge is 0.368 e. The molecule has 0 bridgehead atoms. The summed E-state index contributed by atoms with van der Waals surface area (Å²) in [7, 11) is 3.63. The summed E-state index contributed by atoms with van der Waals surface area (Å²) in [6, 6.07) is 1.77. The summed E-state index contributed by atoms with van der Waals surface area (Å²) in [4.78, 5) is 15.3. The van der Waals surface area contributed by atoms with E-state index in [1.54, 1.807) is 17.8 Å². The molecule has 1 fully saturated rings. The number of anilines is 1. The fourth-order valence-electron chi connectivity index (χ4n) is 2.77. The molecule has 1 N–H and O–H groups in total. The van der Waals surface area contributed by atoms with E-state index in [2.05, 4.69) is 26.3 Å². The molecule has 0 spiro atoms. The molecule has 2 aromatic rings. The highest BCUT2D eigenvalue weighted by atomic mass is 79.9. The third-order valence-electron chi connectivity index (χ3n) is 3.97. The number of rotatable bonds is 3. The maximum atomic E-state index is 12.8. The van der Waals surface area contributed by atoms with Crippen molar-refractivity contribution >= 4 is 79.3 Å². The molecule has 3 rings (SSSR count). The first-order valence-corrected chi connectivity index (χ1v) is 9.81. The number of carbonyl (C=O) groups is 1. The number of amides is 1. The van der Waals surface area contributed by atoms with Gasteiger partial charge in [0.15, 0.2) is 0 Å². The second kappa shape index (κ2) is 6.92. The van der Waals surface area contributed by atoms with Crippen molar-refractivity contribution in [1.29, 1.82) is 0 Å². The highest BCUT2D eigenvalue weighted by Gasteiger charge is 2.44. The third kappa shape index (κ3) is 3.10. The molecule has 1 aliphatic heterocycles. The van der Waals surface area contributed by atoms with Crippen molar-refractivity contribution in [2.24, 2.45) is 13.0 Å². The summed E-state index contributed by atoms with van der Waals surface area (Å²) in [5.74, 6) is -0.889. The molecule has 5 nitrogen and oxygen atoms in total. The summed E-state index contributed by atoms with van der Waals surface area (Å²) >= 11 is 22.6. The summed E-state index contributed by atoms with van der Waals surface area (Å²) in [5.41, 5.74) is 1.33. The molecule has 128 valence electrons. The Kier molecular flexibility index (Phi) is 5.22. The lowest BCUT2D eigenvalue weighted by Crippen LogP contribution is -2.31. The Morgan fingerprint density at radius 1 is 1.50 bits per heavy atom. The van der Waals surface area contributed by atoms with Crippen LogP contribution in [0.15, 0.2) is 15.9 Å². The predicted molar refractivity (Wildman–Crippen MR) is 105 cm³/mol. The molecule has 0 aromatic carbocycles. The first-order valence-electron chi connectivity index (χ1n) is 6.98. The molecule has 1 saturated heterocycles. The zero-order valence-corrected chi connectivity index (χ0v) is 17.4. The number of thiocarbonyl (C=S) groups is 1. The Hall–Kier alpha value is -0.670. The number of likely N-dealkylation sites (N-methyl/N-ethyl adjacent to an activating group) is 1. The van der Waals surface area contributed by atoms with Crippen LogP contribution in [-0.4, -0.2) is 39.2 Å². The Bertz CT molecular complexity index is 822. The lowest BCUT2D eigenvalue weighted by molar-refractivity contribution is -0.118. The van der Waals surface area contributed by atoms with E-state index in [4.69, 9.17) is 35.4 Å². The Morgan fingerprint density at radius 2 is 2.21 bits per heavy atom. The van der Waals surface area contributed by atoms with Gasteiger partial charge in [-0.2, -0.15) is 5.10 Å². The number of halogens is 3. The van der Waals surface area contributed by atoms with E-state index in [0.29, 0.717) is 31.2 Å². The number of aryl methyl sites for hydroxylation is 1. The van der Waals surface area contributed by atoms with Crippen LogP contribution in [0.2, 0.25) is 9.49 Å². The van der Waals surface area contributed by atoms with Gasteiger partial charge in [-0.1, -0.05) is 35.4 Å².